The zero-order valence-corrected chi connectivity index (χ0v) is 13.1. The van der Waals surface area contributed by atoms with Crippen molar-refractivity contribution in [2.24, 2.45) is 0 Å². The highest BCUT2D eigenvalue weighted by Crippen LogP contribution is 2.22. The fourth-order valence-electron chi connectivity index (χ4n) is 2.75. The molecule has 1 aliphatic rings. The van der Waals surface area contributed by atoms with Gasteiger partial charge in [-0.3, -0.25) is 4.79 Å². The second-order valence-corrected chi connectivity index (χ2v) is 5.56. The molecule has 2 aromatic carbocycles. The Bertz CT molecular complexity index is 741. The number of hydrogen-bond donors (Lipinski definition) is 0. The number of hydrogen-bond acceptors (Lipinski definition) is 4. The van der Waals surface area contributed by atoms with Gasteiger partial charge < -0.3 is 9.47 Å². The molecule has 0 saturated carbocycles. The summed E-state index contributed by atoms with van der Waals surface area (Å²) in [6.45, 7) is 0.675. The van der Waals surface area contributed by atoms with Crippen molar-refractivity contribution >= 4 is 22.8 Å². The average molecular weight is 313 g/mol. The molecule has 1 fully saturated rings. The zero-order valence-electron chi connectivity index (χ0n) is 13.1. The van der Waals surface area contributed by atoms with E-state index in [1.807, 2.05) is 18.2 Å². The maximum atomic E-state index is 11.9. The van der Waals surface area contributed by atoms with Crippen molar-refractivity contribution in [3.8, 4) is 5.75 Å². The van der Waals surface area contributed by atoms with Crippen LogP contribution in [0.3, 0.4) is 0 Å². The number of benzene rings is 2. The molecule has 120 valence electrons. The van der Waals surface area contributed by atoms with Crippen molar-refractivity contribution in [1.82, 2.24) is 4.90 Å². The third-order valence-electron chi connectivity index (χ3n) is 4.03. The van der Waals surface area contributed by atoms with Gasteiger partial charge in [0.05, 0.1) is 13.7 Å². The highest BCUT2D eigenvalue weighted by atomic mass is 16.6. The van der Waals surface area contributed by atoms with Crippen molar-refractivity contribution in [1.29, 1.82) is 0 Å². The lowest BCUT2D eigenvalue weighted by molar-refractivity contribution is -0.127. The maximum absolute atomic E-state index is 11.9. The molecule has 3 rings (SSSR count). The van der Waals surface area contributed by atoms with Crippen molar-refractivity contribution in [3.63, 3.8) is 0 Å². The Morgan fingerprint density at radius 2 is 2.00 bits per heavy atom. The molecule has 0 aromatic heterocycles. The Kier molecular flexibility index (Phi) is 4.46. The van der Waals surface area contributed by atoms with Gasteiger partial charge in [0.1, 0.15) is 12.4 Å². The first-order chi connectivity index (χ1) is 11.2. The summed E-state index contributed by atoms with van der Waals surface area (Å²) < 4.78 is 10.00. The molecule has 2 aromatic rings. The van der Waals surface area contributed by atoms with Crippen LogP contribution >= 0.6 is 0 Å². The Hall–Kier alpha value is -2.56. The Morgan fingerprint density at radius 3 is 2.74 bits per heavy atom. The third-order valence-corrected chi connectivity index (χ3v) is 4.03. The summed E-state index contributed by atoms with van der Waals surface area (Å²) in [4.78, 5) is 24.4. The normalized spacial score (nSPS) is 14.1. The van der Waals surface area contributed by atoms with Crippen LogP contribution in [0.5, 0.6) is 5.75 Å². The van der Waals surface area contributed by atoms with Gasteiger partial charge >= 0.3 is 6.09 Å². The van der Waals surface area contributed by atoms with Crippen LogP contribution in [-0.4, -0.2) is 37.2 Å². The van der Waals surface area contributed by atoms with Gasteiger partial charge in [0.2, 0.25) is 5.91 Å². The smallest absolute Gasteiger partial charge is 0.416 e. The zero-order chi connectivity index (χ0) is 16.2. The molecule has 0 radical (unpaired) electrons. The fourth-order valence-corrected chi connectivity index (χ4v) is 2.75. The molecule has 1 saturated heterocycles. The van der Waals surface area contributed by atoms with Crippen molar-refractivity contribution in [2.75, 3.05) is 20.3 Å². The summed E-state index contributed by atoms with van der Waals surface area (Å²) in [5.74, 6) is 0.686. The summed E-state index contributed by atoms with van der Waals surface area (Å²) >= 11 is 0. The number of fused-ring (bicyclic) bond motifs is 1. The summed E-state index contributed by atoms with van der Waals surface area (Å²) in [7, 11) is 1.66. The highest BCUT2D eigenvalue weighted by Gasteiger charge is 2.27. The van der Waals surface area contributed by atoms with Gasteiger partial charge in [0, 0.05) is 6.42 Å². The van der Waals surface area contributed by atoms with E-state index in [4.69, 9.17) is 9.47 Å². The Morgan fingerprint density at radius 1 is 1.22 bits per heavy atom. The van der Waals surface area contributed by atoms with Crippen LogP contribution in [0.25, 0.3) is 10.8 Å². The van der Waals surface area contributed by atoms with E-state index < -0.39 is 6.09 Å². The number of amides is 2. The lowest BCUT2D eigenvalue weighted by atomic mass is 10.0. The van der Waals surface area contributed by atoms with E-state index in [1.165, 1.54) is 10.5 Å². The van der Waals surface area contributed by atoms with Crippen LogP contribution < -0.4 is 4.74 Å². The number of methoxy groups -OCH3 is 1. The van der Waals surface area contributed by atoms with Gasteiger partial charge in [0.15, 0.2) is 0 Å². The lowest BCUT2D eigenvalue weighted by Crippen LogP contribution is -2.31. The van der Waals surface area contributed by atoms with E-state index in [1.54, 1.807) is 7.11 Å². The molecule has 0 atom stereocenters. The minimum absolute atomic E-state index is 0.155. The Balaban J connectivity index is 1.59. The van der Waals surface area contributed by atoms with Crippen LogP contribution in [0.2, 0.25) is 0 Å². The SMILES string of the molecule is COc1ccc2cc(CCCC(=O)N3CCOC3=O)ccc2c1. The summed E-state index contributed by atoms with van der Waals surface area (Å²) in [5, 5.41) is 2.28. The Labute approximate surface area is 134 Å². The van der Waals surface area contributed by atoms with Crippen molar-refractivity contribution in [2.45, 2.75) is 19.3 Å². The quantitative estimate of drug-likeness (QED) is 0.851. The third kappa shape index (κ3) is 3.44. The number of rotatable bonds is 5. The molecule has 0 N–H and O–H groups in total. The molecular formula is C18H19NO4. The highest BCUT2D eigenvalue weighted by molar-refractivity contribution is 5.92. The average Bonchev–Trinajstić information content (AvgIpc) is 3.00. The first kappa shape index (κ1) is 15.3. The van der Waals surface area contributed by atoms with Gasteiger partial charge in [-0.25, -0.2) is 9.69 Å². The fraction of sp³-hybridized carbons (Fsp3) is 0.333. The van der Waals surface area contributed by atoms with Gasteiger partial charge in [-0.2, -0.15) is 0 Å². The maximum Gasteiger partial charge on any atom is 0.416 e. The number of ether oxygens (including phenoxy) is 2. The second kappa shape index (κ2) is 6.69. The molecule has 0 unspecified atom stereocenters. The number of aryl methyl sites for hydroxylation is 1. The molecular weight excluding hydrogens is 294 g/mol. The van der Waals surface area contributed by atoms with Crippen LogP contribution in [0.4, 0.5) is 4.79 Å². The van der Waals surface area contributed by atoms with Crippen molar-refractivity contribution < 1.29 is 19.1 Å². The van der Waals surface area contributed by atoms with Gasteiger partial charge in [-0.1, -0.05) is 24.3 Å². The predicted octanol–water partition coefficient (Wildman–Crippen LogP) is 3.15. The predicted molar refractivity (Wildman–Crippen MR) is 86.5 cm³/mol. The largest absolute Gasteiger partial charge is 0.497 e. The number of carbonyl (C=O) groups is 2. The van der Waals surface area contributed by atoms with E-state index in [-0.39, 0.29) is 5.91 Å². The summed E-state index contributed by atoms with van der Waals surface area (Å²) in [5.41, 5.74) is 1.18. The van der Waals surface area contributed by atoms with Gasteiger partial charge in [-0.05, 0) is 41.3 Å². The number of carbonyl (C=O) groups excluding carboxylic acids is 2. The van der Waals surface area contributed by atoms with Gasteiger partial charge in [-0.15, -0.1) is 0 Å². The number of cyclic esters (lactones) is 1. The topological polar surface area (TPSA) is 55.8 Å². The lowest BCUT2D eigenvalue weighted by Gasteiger charge is -2.10. The first-order valence-electron chi connectivity index (χ1n) is 7.71. The van der Waals surface area contributed by atoms with Crippen LogP contribution in [-0.2, 0) is 16.0 Å². The molecule has 5 nitrogen and oxygen atoms in total. The molecule has 1 aliphatic heterocycles. The van der Waals surface area contributed by atoms with Crippen molar-refractivity contribution in [3.05, 3.63) is 42.0 Å². The molecule has 2 amide bonds. The second-order valence-electron chi connectivity index (χ2n) is 5.56. The first-order valence-corrected chi connectivity index (χ1v) is 7.71. The van der Waals surface area contributed by atoms with E-state index in [0.29, 0.717) is 26.0 Å². The number of nitrogens with zero attached hydrogens (tertiary/aromatic N) is 1. The summed E-state index contributed by atoms with van der Waals surface area (Å²) in [6, 6.07) is 12.2. The minimum Gasteiger partial charge on any atom is -0.497 e. The molecule has 0 bridgehead atoms. The molecule has 5 heteroatoms. The summed E-state index contributed by atoms with van der Waals surface area (Å²) in [6.07, 6.45) is 1.35. The number of imide groups is 1. The van der Waals surface area contributed by atoms with E-state index in [2.05, 4.69) is 18.2 Å². The molecule has 0 aliphatic carbocycles. The minimum atomic E-state index is -0.519. The molecule has 1 heterocycles. The molecule has 23 heavy (non-hydrogen) atoms. The van der Waals surface area contributed by atoms with E-state index >= 15 is 0 Å². The van der Waals surface area contributed by atoms with Crippen LogP contribution in [0.1, 0.15) is 18.4 Å². The standard InChI is InChI=1S/C18H19NO4/c1-22-16-8-7-14-11-13(5-6-15(14)12-16)3-2-4-17(20)19-9-10-23-18(19)21/h5-8,11-12H,2-4,9-10H2,1H3. The van der Waals surface area contributed by atoms with Gasteiger partial charge in [0.25, 0.3) is 0 Å². The van der Waals surface area contributed by atoms with Crippen LogP contribution in [0.15, 0.2) is 36.4 Å². The molecule has 0 spiro atoms. The van der Waals surface area contributed by atoms with E-state index in [9.17, 15) is 9.59 Å². The monoisotopic (exact) mass is 313 g/mol. The van der Waals surface area contributed by atoms with E-state index in [0.717, 1.165) is 22.9 Å². The van der Waals surface area contributed by atoms with Crippen LogP contribution in [0, 0.1) is 0 Å².